The normalized spacial score (nSPS) is 12.4. The average molecular weight is 339 g/mol. The number of methoxy groups -OCH3 is 1. The van der Waals surface area contributed by atoms with Gasteiger partial charge in [-0.2, -0.15) is 5.10 Å². The van der Waals surface area contributed by atoms with E-state index >= 15 is 0 Å². The van der Waals surface area contributed by atoms with Gasteiger partial charge in [-0.3, -0.25) is 4.68 Å². The van der Waals surface area contributed by atoms with E-state index < -0.39 is 6.10 Å². The largest absolute Gasteiger partial charge is 0.496 e. The van der Waals surface area contributed by atoms with Crippen molar-refractivity contribution in [2.75, 3.05) is 7.11 Å². The molecule has 0 spiro atoms. The van der Waals surface area contributed by atoms with Crippen LogP contribution < -0.4 is 4.74 Å². The Bertz CT molecular complexity index is 596. The molecule has 0 radical (unpaired) electrons. The van der Waals surface area contributed by atoms with Gasteiger partial charge in [0.1, 0.15) is 5.75 Å². The van der Waals surface area contributed by atoms with Crippen LogP contribution in [0.3, 0.4) is 0 Å². The topological polar surface area (TPSA) is 47.3 Å². The minimum Gasteiger partial charge on any atom is -0.496 e. The molecule has 0 aliphatic rings. The molecule has 1 atom stereocenters. The zero-order chi connectivity index (χ0) is 14.7. The van der Waals surface area contributed by atoms with Crippen LogP contribution >= 0.6 is 15.9 Å². The van der Waals surface area contributed by atoms with Crippen molar-refractivity contribution in [1.82, 2.24) is 9.78 Å². The first kappa shape index (κ1) is 15.1. The quantitative estimate of drug-likeness (QED) is 0.911. The van der Waals surface area contributed by atoms with E-state index in [1.54, 1.807) is 7.11 Å². The summed E-state index contributed by atoms with van der Waals surface area (Å²) < 4.78 is 7.87. The molecule has 0 bridgehead atoms. The summed E-state index contributed by atoms with van der Waals surface area (Å²) in [6, 6.07) is 7.66. The molecule has 2 rings (SSSR count). The van der Waals surface area contributed by atoms with Gasteiger partial charge >= 0.3 is 0 Å². The third kappa shape index (κ3) is 3.22. The lowest BCUT2D eigenvalue weighted by atomic mass is 10.0. The molecule has 0 amide bonds. The highest BCUT2D eigenvalue weighted by atomic mass is 79.9. The lowest BCUT2D eigenvalue weighted by Crippen LogP contribution is -2.06. The van der Waals surface area contributed by atoms with Crippen LogP contribution in [0.2, 0.25) is 0 Å². The fourth-order valence-electron chi connectivity index (χ4n) is 2.14. The second-order valence-electron chi connectivity index (χ2n) is 4.72. The van der Waals surface area contributed by atoms with Gasteiger partial charge in [-0.15, -0.1) is 0 Å². The van der Waals surface area contributed by atoms with Crippen LogP contribution in [-0.4, -0.2) is 22.0 Å². The molecule has 4 nitrogen and oxygen atoms in total. The van der Waals surface area contributed by atoms with Crippen LogP contribution in [0.25, 0.3) is 0 Å². The molecule has 108 valence electrons. The summed E-state index contributed by atoms with van der Waals surface area (Å²) in [5, 5.41) is 14.8. The van der Waals surface area contributed by atoms with E-state index in [0.29, 0.717) is 6.42 Å². The molecule has 0 aliphatic heterocycles. The number of hydrogen-bond donors (Lipinski definition) is 1. The van der Waals surface area contributed by atoms with E-state index in [1.807, 2.05) is 36.0 Å². The number of halogens is 1. The Balaban J connectivity index is 2.16. The maximum Gasteiger partial charge on any atom is 0.133 e. The van der Waals surface area contributed by atoms with E-state index in [1.165, 1.54) is 0 Å². The van der Waals surface area contributed by atoms with Crippen molar-refractivity contribution in [2.24, 2.45) is 7.05 Å². The number of aryl methyl sites for hydroxylation is 2. The summed E-state index contributed by atoms with van der Waals surface area (Å²) in [6.07, 6.45) is 0.887. The number of aromatic nitrogens is 2. The van der Waals surface area contributed by atoms with Crippen LogP contribution in [0.5, 0.6) is 5.75 Å². The number of ether oxygens (including phenoxy) is 1. The Kier molecular flexibility index (Phi) is 4.83. The van der Waals surface area contributed by atoms with Crippen LogP contribution in [0.4, 0.5) is 0 Å². The molecule has 1 aromatic heterocycles. The molecule has 2 aromatic rings. The standard InChI is InChI=1S/C15H19BrN2O2/c1-4-11-8-12(18(2)17-11)9-14(19)10-5-6-15(20-3)13(16)7-10/h5-8,14,19H,4,9H2,1-3H3. The molecule has 20 heavy (non-hydrogen) atoms. The van der Waals surface area contributed by atoms with E-state index in [-0.39, 0.29) is 0 Å². The van der Waals surface area contributed by atoms with Crippen molar-refractivity contribution in [2.45, 2.75) is 25.9 Å². The van der Waals surface area contributed by atoms with Crippen LogP contribution in [0.1, 0.15) is 30.0 Å². The Hall–Kier alpha value is -1.33. The highest BCUT2D eigenvalue weighted by molar-refractivity contribution is 9.10. The molecule has 0 aliphatic carbocycles. The van der Waals surface area contributed by atoms with E-state index in [2.05, 4.69) is 28.0 Å². The minimum atomic E-state index is -0.558. The molecular weight excluding hydrogens is 320 g/mol. The number of nitrogens with zero attached hydrogens (tertiary/aromatic N) is 2. The third-order valence-corrected chi connectivity index (χ3v) is 3.97. The lowest BCUT2D eigenvalue weighted by molar-refractivity contribution is 0.175. The predicted molar refractivity (Wildman–Crippen MR) is 81.9 cm³/mol. The fraction of sp³-hybridized carbons (Fsp3) is 0.400. The number of aliphatic hydroxyl groups excluding tert-OH is 1. The van der Waals surface area contributed by atoms with Gasteiger partial charge in [-0.25, -0.2) is 0 Å². The van der Waals surface area contributed by atoms with Gasteiger partial charge in [-0.1, -0.05) is 13.0 Å². The van der Waals surface area contributed by atoms with Crippen molar-refractivity contribution in [3.63, 3.8) is 0 Å². The first-order valence-electron chi connectivity index (χ1n) is 6.58. The predicted octanol–water partition coefficient (Wildman–Crippen LogP) is 3.03. The number of aliphatic hydroxyl groups is 1. The molecule has 1 aromatic carbocycles. The summed E-state index contributed by atoms with van der Waals surface area (Å²) in [5.74, 6) is 0.759. The summed E-state index contributed by atoms with van der Waals surface area (Å²) in [7, 11) is 3.53. The SMILES string of the molecule is CCc1cc(CC(O)c2ccc(OC)c(Br)c2)n(C)n1. The average Bonchev–Trinajstić information content (AvgIpc) is 2.79. The minimum absolute atomic E-state index is 0.544. The van der Waals surface area contributed by atoms with Crippen LogP contribution in [0.15, 0.2) is 28.7 Å². The Morgan fingerprint density at radius 1 is 1.40 bits per heavy atom. The number of rotatable bonds is 5. The van der Waals surface area contributed by atoms with E-state index in [0.717, 1.165) is 33.6 Å². The second kappa shape index (κ2) is 6.41. The van der Waals surface area contributed by atoms with Crippen molar-refractivity contribution >= 4 is 15.9 Å². The smallest absolute Gasteiger partial charge is 0.133 e. The van der Waals surface area contributed by atoms with Gasteiger partial charge in [-0.05, 0) is 46.1 Å². The molecule has 5 heteroatoms. The fourth-order valence-corrected chi connectivity index (χ4v) is 2.70. The molecule has 1 unspecified atom stereocenters. The van der Waals surface area contributed by atoms with Crippen molar-refractivity contribution in [3.8, 4) is 5.75 Å². The summed E-state index contributed by atoms with van der Waals surface area (Å²) in [5.41, 5.74) is 2.93. The molecule has 0 saturated carbocycles. The van der Waals surface area contributed by atoms with Crippen LogP contribution in [0, 0.1) is 0 Å². The van der Waals surface area contributed by atoms with E-state index in [4.69, 9.17) is 4.74 Å². The Labute approximate surface area is 127 Å². The third-order valence-electron chi connectivity index (χ3n) is 3.35. The highest BCUT2D eigenvalue weighted by Crippen LogP contribution is 2.29. The van der Waals surface area contributed by atoms with Crippen LogP contribution in [-0.2, 0) is 19.9 Å². The Morgan fingerprint density at radius 2 is 2.15 bits per heavy atom. The van der Waals surface area contributed by atoms with E-state index in [9.17, 15) is 5.11 Å². The first-order chi connectivity index (χ1) is 9.55. The van der Waals surface area contributed by atoms with Gasteiger partial charge in [0, 0.05) is 19.2 Å². The number of benzene rings is 1. The van der Waals surface area contributed by atoms with Crippen molar-refractivity contribution < 1.29 is 9.84 Å². The maximum atomic E-state index is 10.4. The maximum absolute atomic E-state index is 10.4. The zero-order valence-corrected chi connectivity index (χ0v) is 13.5. The van der Waals surface area contributed by atoms with Gasteiger partial charge < -0.3 is 9.84 Å². The van der Waals surface area contributed by atoms with Gasteiger partial charge in [0.05, 0.1) is 23.4 Å². The second-order valence-corrected chi connectivity index (χ2v) is 5.57. The zero-order valence-electron chi connectivity index (χ0n) is 11.9. The lowest BCUT2D eigenvalue weighted by Gasteiger charge is -2.13. The Morgan fingerprint density at radius 3 is 2.70 bits per heavy atom. The van der Waals surface area contributed by atoms with Crippen molar-refractivity contribution in [1.29, 1.82) is 0 Å². The van der Waals surface area contributed by atoms with Gasteiger partial charge in [0.25, 0.3) is 0 Å². The molecule has 1 N–H and O–H groups in total. The first-order valence-corrected chi connectivity index (χ1v) is 7.37. The summed E-state index contributed by atoms with van der Waals surface area (Å²) in [4.78, 5) is 0. The summed E-state index contributed by atoms with van der Waals surface area (Å²) >= 11 is 3.44. The molecular formula is C15H19BrN2O2. The highest BCUT2D eigenvalue weighted by Gasteiger charge is 2.14. The summed E-state index contributed by atoms with van der Waals surface area (Å²) in [6.45, 7) is 2.07. The molecule has 0 fully saturated rings. The number of hydrogen-bond acceptors (Lipinski definition) is 3. The van der Waals surface area contributed by atoms with Gasteiger partial charge in [0.2, 0.25) is 0 Å². The van der Waals surface area contributed by atoms with Crippen molar-refractivity contribution in [3.05, 3.63) is 45.7 Å². The molecule has 0 saturated heterocycles. The monoisotopic (exact) mass is 338 g/mol. The molecule has 1 heterocycles. The van der Waals surface area contributed by atoms with Gasteiger partial charge in [0.15, 0.2) is 0 Å².